The number of benzene rings is 1. The van der Waals surface area contributed by atoms with Crippen molar-refractivity contribution in [1.29, 1.82) is 0 Å². The van der Waals surface area contributed by atoms with Gasteiger partial charge in [-0.15, -0.1) is 0 Å². The van der Waals surface area contributed by atoms with Gasteiger partial charge in [-0.25, -0.2) is 4.79 Å². The normalized spacial score (nSPS) is 19.2. The zero-order valence-corrected chi connectivity index (χ0v) is 26.0. The number of nitrogens with two attached hydrogens (primary N) is 1. The van der Waals surface area contributed by atoms with Crippen LogP contribution in [0.25, 0.3) is 0 Å². The summed E-state index contributed by atoms with van der Waals surface area (Å²) in [5, 5.41) is 15.0. The number of piperazine rings is 1. The number of hydrogen-bond acceptors (Lipinski definition) is 10. The van der Waals surface area contributed by atoms with Gasteiger partial charge in [0.05, 0.1) is 15.0 Å². The van der Waals surface area contributed by atoms with E-state index < -0.39 is 17.9 Å². The smallest absolute Gasteiger partial charge is 0.407 e. The number of nitrogens with one attached hydrogen (secondary N) is 1. The summed E-state index contributed by atoms with van der Waals surface area (Å²) in [5.41, 5.74) is 6.84. The van der Waals surface area contributed by atoms with Crippen molar-refractivity contribution in [2.75, 3.05) is 39.8 Å². The van der Waals surface area contributed by atoms with Gasteiger partial charge in [0, 0.05) is 63.1 Å². The van der Waals surface area contributed by atoms with Gasteiger partial charge in [-0.2, -0.15) is 4.99 Å². The number of rotatable bonds is 7. The molecule has 0 spiro atoms. The minimum atomic E-state index is -0.983. The topological polar surface area (TPSA) is 120 Å². The maximum atomic E-state index is 12.6. The van der Waals surface area contributed by atoms with Crippen LogP contribution in [-0.2, 0) is 11.2 Å². The Balaban J connectivity index is 1.41. The fourth-order valence-corrected chi connectivity index (χ4v) is 6.09. The van der Waals surface area contributed by atoms with Crippen LogP contribution in [0.3, 0.4) is 0 Å². The number of aromatic nitrogens is 1. The number of amides is 1. The van der Waals surface area contributed by atoms with E-state index in [1.807, 2.05) is 39.0 Å². The van der Waals surface area contributed by atoms with Crippen LogP contribution >= 0.6 is 35.0 Å². The van der Waals surface area contributed by atoms with E-state index in [0.29, 0.717) is 51.9 Å². The van der Waals surface area contributed by atoms with Crippen LogP contribution in [0, 0.1) is 0 Å². The molecule has 0 bridgehead atoms. The number of hydrogen-bond donors (Lipinski definition) is 3. The second kappa shape index (κ2) is 13.5. The lowest BCUT2D eigenvalue weighted by molar-refractivity contribution is 0.0483. The first-order valence-electron chi connectivity index (χ1n) is 13.4. The quantitative estimate of drug-likeness (QED) is 0.421. The molecule has 1 saturated heterocycles. The van der Waals surface area contributed by atoms with Crippen molar-refractivity contribution in [3.63, 3.8) is 0 Å². The Bertz CT molecular complexity index is 1280. The molecule has 1 unspecified atom stereocenters. The number of thioether (sulfide) groups is 1. The largest absolute Gasteiger partial charge is 0.444 e. The van der Waals surface area contributed by atoms with Crippen LogP contribution in [0.15, 0.2) is 63.3 Å². The predicted octanol–water partition coefficient (Wildman–Crippen LogP) is 3.98. The van der Waals surface area contributed by atoms with E-state index in [9.17, 15) is 9.90 Å². The zero-order valence-electron chi connectivity index (χ0n) is 23.7. The van der Waals surface area contributed by atoms with Crippen LogP contribution in [0.1, 0.15) is 26.3 Å². The molecule has 1 aromatic carbocycles. The lowest BCUT2D eigenvalue weighted by Crippen LogP contribution is -2.57. The van der Waals surface area contributed by atoms with E-state index in [1.165, 1.54) is 11.8 Å². The Kier molecular flexibility index (Phi) is 10.3. The average Bonchev–Trinajstić information content (AvgIpc) is 2.91. The van der Waals surface area contributed by atoms with Crippen molar-refractivity contribution >= 4 is 47.0 Å². The summed E-state index contributed by atoms with van der Waals surface area (Å²) < 4.78 is 5.52. The van der Waals surface area contributed by atoms with E-state index >= 15 is 0 Å². The highest BCUT2D eigenvalue weighted by molar-refractivity contribution is 8.03. The maximum absolute atomic E-state index is 12.6. The molecule has 222 valence electrons. The number of carbonyl (C=O) groups is 1. The molecule has 1 aromatic heterocycles. The Morgan fingerprint density at radius 2 is 1.88 bits per heavy atom. The monoisotopic (exact) mass is 621 g/mol. The van der Waals surface area contributed by atoms with Crippen molar-refractivity contribution < 1.29 is 14.6 Å². The number of guanidine groups is 1. The molecule has 13 heteroatoms. The molecule has 0 saturated carbocycles. The minimum absolute atomic E-state index is 0.146. The van der Waals surface area contributed by atoms with Gasteiger partial charge in [-0.1, -0.05) is 41.0 Å². The van der Waals surface area contributed by atoms with Gasteiger partial charge in [0.1, 0.15) is 11.4 Å². The summed E-state index contributed by atoms with van der Waals surface area (Å²) >= 11 is 13.8. The number of ether oxygens (including phenoxy) is 1. The lowest BCUT2D eigenvalue weighted by Gasteiger charge is -2.42. The molecular formula is C28H37Cl2N7O3S. The van der Waals surface area contributed by atoms with Crippen LogP contribution in [0.2, 0.25) is 10.0 Å². The van der Waals surface area contributed by atoms with Crippen LogP contribution in [0.4, 0.5) is 4.79 Å². The van der Waals surface area contributed by atoms with Gasteiger partial charge in [0.2, 0.25) is 5.96 Å². The highest BCUT2D eigenvalue weighted by Gasteiger charge is 2.33. The van der Waals surface area contributed by atoms with E-state index in [-0.39, 0.29) is 11.9 Å². The molecule has 4 N–H and O–H groups in total. The van der Waals surface area contributed by atoms with Gasteiger partial charge in [-0.05, 0) is 57.0 Å². The molecule has 0 aliphatic carbocycles. The molecule has 1 amide bonds. The summed E-state index contributed by atoms with van der Waals surface area (Å²) in [7, 11) is 1.79. The number of likely N-dealkylation sites (N-methyl/N-ethyl adjacent to an activating group) is 1. The Morgan fingerprint density at radius 3 is 2.54 bits per heavy atom. The Labute approximate surface area is 255 Å². The summed E-state index contributed by atoms with van der Waals surface area (Å²) in [6, 6.07) is 9.09. The lowest BCUT2D eigenvalue weighted by atomic mass is 10.1. The number of pyridine rings is 1. The number of aliphatic hydroxyl groups excluding tert-OH is 1. The SMILES string of the molecule is CN1C(N2CCN(C[C@@H](Cc3ccncc3)NC(=O)OC(C)(C)C)CC2)=NC(N)=C(Sc2cccc(Cl)c2Cl)C1O. The molecule has 2 aromatic rings. The van der Waals surface area contributed by atoms with Gasteiger partial charge >= 0.3 is 6.09 Å². The van der Waals surface area contributed by atoms with Crippen molar-refractivity contribution in [1.82, 2.24) is 25.0 Å². The molecule has 2 aliphatic heterocycles. The summed E-state index contributed by atoms with van der Waals surface area (Å²) in [5.74, 6) is 0.851. The molecule has 10 nitrogen and oxygen atoms in total. The molecule has 1 fully saturated rings. The zero-order chi connectivity index (χ0) is 29.7. The highest BCUT2D eigenvalue weighted by atomic mass is 35.5. The van der Waals surface area contributed by atoms with Crippen molar-refractivity contribution in [3.8, 4) is 0 Å². The fraction of sp³-hybridized carbons (Fsp3) is 0.464. The molecular weight excluding hydrogens is 585 g/mol. The third-order valence-electron chi connectivity index (χ3n) is 6.61. The third kappa shape index (κ3) is 8.42. The van der Waals surface area contributed by atoms with E-state index in [1.54, 1.807) is 36.5 Å². The van der Waals surface area contributed by atoms with Gasteiger partial charge in [-0.3, -0.25) is 9.88 Å². The second-order valence-electron chi connectivity index (χ2n) is 11.0. The number of alkyl carbamates (subject to hydrolysis) is 1. The van der Waals surface area contributed by atoms with Gasteiger partial charge in [0.25, 0.3) is 0 Å². The highest BCUT2D eigenvalue weighted by Crippen LogP contribution is 2.40. The molecule has 4 rings (SSSR count). The van der Waals surface area contributed by atoms with E-state index in [0.717, 1.165) is 18.7 Å². The number of aliphatic imine (C=N–C) groups is 1. The van der Waals surface area contributed by atoms with Crippen LogP contribution in [0.5, 0.6) is 0 Å². The Hall–Kier alpha value is -2.70. The first kappa shape index (κ1) is 31.2. The molecule has 2 atom stereocenters. The fourth-order valence-electron chi connectivity index (χ4n) is 4.62. The Morgan fingerprint density at radius 1 is 1.20 bits per heavy atom. The first-order valence-corrected chi connectivity index (χ1v) is 15.0. The summed E-state index contributed by atoms with van der Waals surface area (Å²) in [4.78, 5) is 28.6. The number of carbonyl (C=O) groups excluding carboxylic acids is 1. The first-order chi connectivity index (χ1) is 19.4. The van der Waals surface area contributed by atoms with Crippen LogP contribution < -0.4 is 11.1 Å². The average molecular weight is 623 g/mol. The molecule has 0 radical (unpaired) electrons. The molecule has 3 heterocycles. The summed E-state index contributed by atoms with van der Waals surface area (Å²) in [6.07, 6.45) is 2.74. The van der Waals surface area contributed by atoms with Crippen molar-refractivity contribution in [2.24, 2.45) is 10.7 Å². The standard InChI is InChI=1S/C28H37Cl2N7O3S/c1-28(2,3)40-27(39)33-19(16-18-8-10-32-11-9-18)17-36-12-14-37(15-13-36)26-34-24(31)23(25(38)35(26)4)41-21-7-5-6-20(29)22(21)30/h5-11,19,25,38H,12-17,31H2,1-4H3,(H,33,39)/t19-,25?/m1/s1. The number of halogens is 2. The number of nitrogens with zero attached hydrogens (tertiary/aromatic N) is 5. The molecule has 2 aliphatic rings. The van der Waals surface area contributed by atoms with Crippen LogP contribution in [-0.4, -0.2) is 94.5 Å². The predicted molar refractivity (Wildman–Crippen MR) is 164 cm³/mol. The summed E-state index contributed by atoms with van der Waals surface area (Å²) in [6.45, 7) is 9.05. The van der Waals surface area contributed by atoms with Gasteiger partial charge < -0.3 is 30.7 Å². The van der Waals surface area contributed by atoms with E-state index in [4.69, 9.17) is 33.7 Å². The minimum Gasteiger partial charge on any atom is -0.444 e. The van der Waals surface area contributed by atoms with E-state index in [2.05, 4.69) is 25.1 Å². The van der Waals surface area contributed by atoms with Gasteiger partial charge in [0.15, 0.2) is 6.23 Å². The second-order valence-corrected chi connectivity index (χ2v) is 12.9. The number of aliphatic hydroxyl groups is 1. The van der Waals surface area contributed by atoms with Crippen molar-refractivity contribution in [2.45, 2.75) is 50.0 Å². The molecule has 41 heavy (non-hydrogen) atoms. The third-order valence-corrected chi connectivity index (χ3v) is 8.74. The maximum Gasteiger partial charge on any atom is 0.407 e. The van der Waals surface area contributed by atoms with Crippen molar-refractivity contribution in [3.05, 3.63) is 69.1 Å².